The zero-order chi connectivity index (χ0) is 30.7. The number of anilines is 2. The zero-order valence-corrected chi connectivity index (χ0v) is 23.0. The van der Waals surface area contributed by atoms with Crippen LogP contribution >= 0.6 is 0 Å². The lowest BCUT2D eigenvalue weighted by Gasteiger charge is -2.28. The largest absolute Gasteiger partial charge is 0.491 e. The van der Waals surface area contributed by atoms with Crippen molar-refractivity contribution in [2.24, 2.45) is 0 Å². The summed E-state index contributed by atoms with van der Waals surface area (Å²) in [5.74, 6) is -3.07. The van der Waals surface area contributed by atoms with Crippen LogP contribution in [0.15, 0.2) is 67.1 Å². The number of hydrogen-bond acceptors (Lipinski definition) is 10. The maximum atomic E-state index is 12.3. The SMILES string of the molecule is O=C(CNc1ccc(-c2cnc(N3CCOCC3)c3nc(/C=C/c4ccc5ccccc5n4)cn23)cn1)OC(=O)C(F)(F)F. The van der Waals surface area contributed by atoms with Gasteiger partial charge in [0.05, 0.1) is 42.0 Å². The number of benzene rings is 1. The van der Waals surface area contributed by atoms with E-state index < -0.39 is 24.7 Å². The minimum atomic E-state index is -5.26. The van der Waals surface area contributed by atoms with E-state index in [4.69, 9.17) is 19.7 Å². The summed E-state index contributed by atoms with van der Waals surface area (Å²) in [4.78, 5) is 43.1. The number of ether oxygens (including phenoxy) is 2. The minimum absolute atomic E-state index is 0.191. The Morgan fingerprint density at radius 2 is 1.75 bits per heavy atom. The highest BCUT2D eigenvalue weighted by atomic mass is 19.4. The molecule has 44 heavy (non-hydrogen) atoms. The van der Waals surface area contributed by atoms with Gasteiger partial charge < -0.3 is 19.7 Å². The van der Waals surface area contributed by atoms with Crippen LogP contribution in [-0.4, -0.2) is 75.3 Å². The Bertz CT molecular complexity index is 1870. The molecule has 0 spiro atoms. The van der Waals surface area contributed by atoms with E-state index >= 15 is 0 Å². The van der Waals surface area contributed by atoms with Crippen LogP contribution in [0.2, 0.25) is 0 Å². The highest BCUT2D eigenvalue weighted by Crippen LogP contribution is 2.28. The summed E-state index contributed by atoms with van der Waals surface area (Å²) < 4.78 is 48.1. The lowest BCUT2D eigenvalue weighted by atomic mass is 10.2. The number of carbonyl (C=O) groups excluding carboxylic acids is 2. The molecule has 5 heterocycles. The molecule has 4 aromatic heterocycles. The van der Waals surface area contributed by atoms with Crippen molar-refractivity contribution in [3.8, 4) is 11.3 Å². The molecule has 6 rings (SSSR count). The molecule has 1 aromatic carbocycles. The first-order chi connectivity index (χ1) is 21.2. The van der Waals surface area contributed by atoms with Gasteiger partial charge in [-0.25, -0.2) is 29.5 Å². The van der Waals surface area contributed by atoms with Crippen LogP contribution in [0.4, 0.5) is 24.8 Å². The Balaban J connectivity index is 1.26. The molecule has 0 saturated carbocycles. The fraction of sp³-hybridized carbons (Fsp3) is 0.200. The number of halogens is 3. The number of nitrogens with one attached hydrogen (secondary N) is 1. The second-order valence-electron chi connectivity index (χ2n) is 9.73. The Labute approximate surface area is 248 Å². The summed E-state index contributed by atoms with van der Waals surface area (Å²) in [6.45, 7) is 1.80. The van der Waals surface area contributed by atoms with Gasteiger partial charge in [-0.05, 0) is 36.4 Å². The fourth-order valence-electron chi connectivity index (χ4n) is 4.63. The number of aromatic nitrogens is 5. The fourth-order valence-corrected chi connectivity index (χ4v) is 4.63. The zero-order valence-electron chi connectivity index (χ0n) is 23.0. The highest BCUT2D eigenvalue weighted by Gasteiger charge is 2.42. The van der Waals surface area contributed by atoms with Gasteiger partial charge in [-0.1, -0.05) is 24.3 Å². The standard InChI is InChI=1S/C30H24F3N7O4/c31-30(32,33)29(42)44-26(41)17-35-25-10-6-20(15-34-25)24-16-36-27(39-11-13-43-14-12-39)28-38-22(18-40(24)28)9-8-21-7-5-19-3-1-2-4-23(19)37-21/h1-10,15-16,18H,11-14,17H2,(H,34,35)/b9-8+. The van der Waals surface area contributed by atoms with Crippen molar-refractivity contribution in [2.75, 3.05) is 43.1 Å². The first-order valence-electron chi connectivity index (χ1n) is 13.5. The van der Waals surface area contributed by atoms with Crippen molar-refractivity contribution in [2.45, 2.75) is 6.18 Å². The van der Waals surface area contributed by atoms with Crippen LogP contribution < -0.4 is 10.2 Å². The van der Waals surface area contributed by atoms with Crippen molar-refractivity contribution in [1.29, 1.82) is 0 Å². The Morgan fingerprint density at radius 1 is 0.955 bits per heavy atom. The topological polar surface area (TPSA) is 124 Å². The number of fused-ring (bicyclic) bond motifs is 2. The summed E-state index contributed by atoms with van der Waals surface area (Å²) in [6.07, 6.45) is 3.63. The molecule has 11 nitrogen and oxygen atoms in total. The molecule has 1 N–H and O–H groups in total. The Hall–Kier alpha value is -5.37. The number of carbonyl (C=O) groups is 2. The number of rotatable bonds is 7. The van der Waals surface area contributed by atoms with E-state index in [0.717, 1.165) is 16.6 Å². The summed E-state index contributed by atoms with van der Waals surface area (Å²) >= 11 is 0. The molecule has 1 saturated heterocycles. The van der Waals surface area contributed by atoms with Crippen LogP contribution in [0.5, 0.6) is 0 Å². The molecule has 1 aliphatic heterocycles. The number of esters is 2. The third-order valence-corrected chi connectivity index (χ3v) is 6.76. The van der Waals surface area contributed by atoms with Crippen LogP contribution in [-0.2, 0) is 19.1 Å². The normalized spacial score (nSPS) is 13.9. The molecule has 1 aliphatic rings. The van der Waals surface area contributed by atoms with Crippen molar-refractivity contribution in [1.82, 2.24) is 24.3 Å². The highest BCUT2D eigenvalue weighted by molar-refractivity contribution is 5.90. The Morgan fingerprint density at radius 3 is 2.52 bits per heavy atom. The average Bonchev–Trinajstić information content (AvgIpc) is 3.47. The molecule has 0 unspecified atom stereocenters. The summed E-state index contributed by atoms with van der Waals surface area (Å²) in [6, 6.07) is 15.1. The molecule has 1 fully saturated rings. The number of para-hydroxylation sites is 1. The molecule has 0 amide bonds. The third kappa shape index (κ3) is 6.34. The quantitative estimate of drug-likeness (QED) is 0.212. The van der Waals surface area contributed by atoms with Crippen LogP contribution in [0.3, 0.4) is 0 Å². The number of pyridine rings is 2. The van der Waals surface area contributed by atoms with Crippen molar-refractivity contribution < 1.29 is 32.2 Å². The number of alkyl halides is 3. The number of imidazole rings is 1. The summed E-state index contributed by atoms with van der Waals surface area (Å²) in [5, 5.41) is 3.59. The molecule has 0 radical (unpaired) electrons. The van der Waals surface area contributed by atoms with Gasteiger partial charge in [0.2, 0.25) is 0 Å². The van der Waals surface area contributed by atoms with E-state index in [-0.39, 0.29) is 5.82 Å². The van der Waals surface area contributed by atoms with E-state index in [1.165, 1.54) is 6.20 Å². The average molecular weight is 604 g/mol. The predicted molar refractivity (Wildman–Crippen MR) is 156 cm³/mol. The second-order valence-corrected chi connectivity index (χ2v) is 9.73. The van der Waals surface area contributed by atoms with Gasteiger partial charge in [0.1, 0.15) is 12.4 Å². The second kappa shape index (κ2) is 12.1. The van der Waals surface area contributed by atoms with Gasteiger partial charge >= 0.3 is 18.1 Å². The molecule has 5 aromatic rings. The first kappa shape index (κ1) is 28.7. The third-order valence-electron chi connectivity index (χ3n) is 6.76. The van der Waals surface area contributed by atoms with E-state index in [1.54, 1.807) is 18.3 Å². The van der Waals surface area contributed by atoms with Gasteiger partial charge in [0.25, 0.3) is 0 Å². The smallest absolute Gasteiger partial charge is 0.385 e. The van der Waals surface area contributed by atoms with Crippen LogP contribution in [0, 0.1) is 0 Å². The maximum Gasteiger partial charge on any atom is 0.491 e. The maximum absolute atomic E-state index is 12.3. The van der Waals surface area contributed by atoms with Gasteiger partial charge in [0, 0.05) is 36.4 Å². The molecular formula is C30H24F3N7O4. The molecule has 0 aliphatic carbocycles. The van der Waals surface area contributed by atoms with Crippen LogP contribution in [0.1, 0.15) is 11.4 Å². The van der Waals surface area contributed by atoms with Crippen molar-refractivity contribution >= 4 is 52.3 Å². The lowest BCUT2D eigenvalue weighted by Crippen LogP contribution is -2.37. The van der Waals surface area contributed by atoms with Gasteiger partial charge in [-0.3, -0.25) is 4.40 Å². The molecule has 224 valence electrons. The monoisotopic (exact) mass is 603 g/mol. The lowest BCUT2D eigenvalue weighted by molar-refractivity contribution is -0.201. The van der Waals surface area contributed by atoms with Crippen molar-refractivity contribution in [3.63, 3.8) is 0 Å². The predicted octanol–water partition coefficient (Wildman–Crippen LogP) is 4.39. The van der Waals surface area contributed by atoms with E-state index in [9.17, 15) is 22.8 Å². The van der Waals surface area contributed by atoms with E-state index in [1.807, 2.05) is 59.1 Å². The number of morpholine rings is 1. The minimum Gasteiger partial charge on any atom is -0.385 e. The van der Waals surface area contributed by atoms with Crippen molar-refractivity contribution in [3.05, 3.63) is 78.5 Å². The number of nitrogens with zero attached hydrogens (tertiary/aromatic N) is 6. The molecule has 0 bridgehead atoms. The Kier molecular flexibility index (Phi) is 7.89. The number of hydrogen-bond donors (Lipinski definition) is 1. The van der Waals surface area contributed by atoms with Crippen LogP contribution in [0.25, 0.3) is 40.0 Å². The van der Waals surface area contributed by atoms with E-state index in [0.29, 0.717) is 54.7 Å². The summed E-state index contributed by atoms with van der Waals surface area (Å²) in [7, 11) is 0. The van der Waals surface area contributed by atoms with Gasteiger partial charge in [0.15, 0.2) is 11.5 Å². The molecular weight excluding hydrogens is 579 g/mol. The van der Waals surface area contributed by atoms with Gasteiger partial charge in [-0.2, -0.15) is 13.2 Å². The van der Waals surface area contributed by atoms with Gasteiger partial charge in [-0.15, -0.1) is 0 Å². The van der Waals surface area contributed by atoms with E-state index in [2.05, 4.69) is 19.9 Å². The summed E-state index contributed by atoms with van der Waals surface area (Å²) in [5.41, 5.74) is 4.34. The molecule has 0 atom stereocenters. The molecule has 14 heteroatoms. The first-order valence-corrected chi connectivity index (χ1v) is 13.5.